The zero-order valence-corrected chi connectivity index (χ0v) is 18.9. The lowest BCUT2D eigenvalue weighted by atomic mass is 9.86. The van der Waals surface area contributed by atoms with Gasteiger partial charge in [-0.15, -0.1) is 0 Å². The molecule has 0 spiro atoms. The first-order chi connectivity index (χ1) is 15.8. The van der Waals surface area contributed by atoms with Crippen molar-refractivity contribution in [3.8, 4) is 6.07 Å². The second-order valence-electron chi connectivity index (χ2n) is 8.25. The molecule has 0 radical (unpaired) electrons. The summed E-state index contributed by atoms with van der Waals surface area (Å²) >= 11 is 0. The number of rotatable bonds is 5. The fourth-order valence-corrected chi connectivity index (χ4v) is 4.62. The Labute approximate surface area is 191 Å². The van der Waals surface area contributed by atoms with Gasteiger partial charge in [-0.05, 0) is 25.1 Å². The first kappa shape index (κ1) is 21.9. The average Bonchev–Trinajstić information content (AvgIpc) is 3.11. The van der Waals surface area contributed by atoms with E-state index >= 15 is 0 Å². The molecule has 2 heterocycles. The van der Waals surface area contributed by atoms with E-state index in [0.717, 1.165) is 22.3 Å². The Balaban J connectivity index is 2.09. The van der Waals surface area contributed by atoms with Crippen LogP contribution in [0.1, 0.15) is 25.0 Å². The van der Waals surface area contributed by atoms with Crippen molar-refractivity contribution in [1.29, 1.82) is 5.26 Å². The van der Waals surface area contributed by atoms with Crippen LogP contribution in [0, 0.1) is 21.4 Å². The van der Waals surface area contributed by atoms with Crippen LogP contribution in [0.5, 0.6) is 0 Å². The van der Waals surface area contributed by atoms with Crippen LogP contribution in [0.15, 0.2) is 65.1 Å². The molecule has 2 aromatic carbocycles. The van der Waals surface area contributed by atoms with Crippen LogP contribution in [0.25, 0.3) is 10.9 Å². The molecule has 1 unspecified atom stereocenters. The molecule has 0 saturated heterocycles. The number of aryl methyl sites for hydroxylation is 1. The molecule has 1 aliphatic heterocycles. The van der Waals surface area contributed by atoms with Crippen LogP contribution in [-0.2, 0) is 7.05 Å². The highest BCUT2D eigenvalue weighted by atomic mass is 16.6. The summed E-state index contributed by atoms with van der Waals surface area (Å²) in [7, 11) is 5.69. The van der Waals surface area contributed by atoms with Crippen LogP contribution in [0.2, 0.25) is 0 Å². The van der Waals surface area contributed by atoms with E-state index in [0.29, 0.717) is 29.2 Å². The summed E-state index contributed by atoms with van der Waals surface area (Å²) in [5.74, 6) is 0.343. The number of nitro groups is 1. The summed E-state index contributed by atoms with van der Waals surface area (Å²) in [5, 5.41) is 35.2. The molecular weight excluding hydrogens is 420 g/mol. The molecule has 0 aliphatic carbocycles. The number of para-hydroxylation sites is 1. The number of nitro benzene ring substituents is 1. The maximum Gasteiger partial charge on any atom is 0.269 e. The minimum Gasteiger partial charge on any atom is -0.411 e. The van der Waals surface area contributed by atoms with Gasteiger partial charge >= 0.3 is 0 Å². The maximum absolute atomic E-state index is 11.2. The average molecular weight is 444 g/mol. The Kier molecular flexibility index (Phi) is 5.52. The molecule has 0 amide bonds. The summed E-state index contributed by atoms with van der Waals surface area (Å²) in [4.78, 5) is 14.6. The fraction of sp³-hybridized carbons (Fsp3) is 0.250. The molecule has 0 saturated carbocycles. The molecule has 1 aromatic heterocycles. The Morgan fingerprint density at radius 2 is 1.91 bits per heavy atom. The van der Waals surface area contributed by atoms with Crippen molar-refractivity contribution < 1.29 is 10.1 Å². The van der Waals surface area contributed by atoms with Gasteiger partial charge in [-0.2, -0.15) is 5.26 Å². The number of aromatic nitrogens is 1. The van der Waals surface area contributed by atoms with Gasteiger partial charge in [-0.1, -0.05) is 23.4 Å². The fourth-order valence-electron chi connectivity index (χ4n) is 4.62. The number of benzene rings is 2. The quantitative estimate of drug-likeness (QED) is 0.260. The number of non-ortho nitro benzene ring substituents is 1. The summed E-state index contributed by atoms with van der Waals surface area (Å²) in [6, 6.07) is 16.7. The Hall–Kier alpha value is -4.32. The topological polar surface area (TPSA) is 111 Å². The smallest absolute Gasteiger partial charge is 0.269 e. The number of nitriles is 1. The number of hydrogen-bond donors (Lipinski definition) is 1. The molecule has 9 heteroatoms. The number of anilines is 2. The molecule has 9 nitrogen and oxygen atoms in total. The van der Waals surface area contributed by atoms with Gasteiger partial charge < -0.3 is 14.7 Å². The zero-order chi connectivity index (χ0) is 23.9. The number of nitrogens with zero attached hydrogens (tertiary/aromatic N) is 6. The maximum atomic E-state index is 11.2. The lowest BCUT2D eigenvalue weighted by Crippen LogP contribution is -2.35. The third-order valence-corrected chi connectivity index (χ3v) is 6.01. The van der Waals surface area contributed by atoms with E-state index < -0.39 is 4.92 Å². The summed E-state index contributed by atoms with van der Waals surface area (Å²) in [6.07, 6.45) is 0.377. The second kappa shape index (κ2) is 8.31. The van der Waals surface area contributed by atoms with E-state index in [-0.39, 0.29) is 11.6 Å². The molecule has 1 aliphatic rings. The van der Waals surface area contributed by atoms with Gasteiger partial charge in [0.25, 0.3) is 5.69 Å². The first-order valence-electron chi connectivity index (χ1n) is 10.4. The van der Waals surface area contributed by atoms with E-state index in [1.165, 1.54) is 12.1 Å². The SMILES string of the molecule is C/C(CC1C(C#N)=C(N(C)C)N(c2ccc([N+](=O)[O-])cc2)c2c1n(C)c1ccccc21)=N\O. The van der Waals surface area contributed by atoms with E-state index in [2.05, 4.69) is 15.8 Å². The minimum atomic E-state index is -0.431. The minimum absolute atomic E-state index is 0.00236. The molecule has 168 valence electrons. The van der Waals surface area contributed by atoms with Crippen molar-refractivity contribution in [2.45, 2.75) is 19.3 Å². The number of oxime groups is 1. The molecule has 3 aromatic rings. The molecule has 0 fully saturated rings. The predicted octanol–water partition coefficient (Wildman–Crippen LogP) is 4.86. The zero-order valence-electron chi connectivity index (χ0n) is 18.9. The Morgan fingerprint density at radius 1 is 1.24 bits per heavy atom. The molecule has 1 N–H and O–H groups in total. The number of hydrogen-bond acceptors (Lipinski definition) is 7. The van der Waals surface area contributed by atoms with E-state index in [4.69, 9.17) is 0 Å². The molecular formula is C24H24N6O3. The van der Waals surface area contributed by atoms with E-state index in [9.17, 15) is 20.6 Å². The van der Waals surface area contributed by atoms with Crippen molar-refractivity contribution in [3.05, 3.63) is 75.7 Å². The van der Waals surface area contributed by atoms with E-state index in [1.54, 1.807) is 19.1 Å². The van der Waals surface area contributed by atoms with Crippen molar-refractivity contribution in [2.24, 2.45) is 12.2 Å². The van der Waals surface area contributed by atoms with Crippen LogP contribution in [-0.4, -0.2) is 39.4 Å². The Morgan fingerprint density at radius 3 is 2.48 bits per heavy atom. The summed E-state index contributed by atoms with van der Waals surface area (Å²) in [5.41, 5.74) is 4.57. The van der Waals surface area contributed by atoms with Crippen molar-refractivity contribution in [2.75, 3.05) is 19.0 Å². The standard InChI is InChI=1S/C24H24N6O3/c1-15(26-31)13-19-20(14-25)24(27(2)3)29(16-9-11-17(12-10-16)30(32)33)23-18-7-5-6-8-21(18)28(4)22(19)23/h5-12,19,31H,13H2,1-4H3/b26-15+. The third-order valence-electron chi connectivity index (χ3n) is 6.01. The van der Waals surface area contributed by atoms with Crippen LogP contribution in [0.3, 0.4) is 0 Å². The highest BCUT2D eigenvalue weighted by Crippen LogP contribution is 2.51. The van der Waals surface area contributed by atoms with Gasteiger partial charge in [0.15, 0.2) is 0 Å². The monoisotopic (exact) mass is 444 g/mol. The second-order valence-corrected chi connectivity index (χ2v) is 8.25. The predicted molar refractivity (Wildman–Crippen MR) is 127 cm³/mol. The number of allylic oxidation sites excluding steroid dienone is 1. The van der Waals surface area contributed by atoms with Crippen LogP contribution < -0.4 is 4.90 Å². The van der Waals surface area contributed by atoms with Crippen molar-refractivity contribution >= 4 is 33.7 Å². The van der Waals surface area contributed by atoms with Gasteiger partial charge in [-0.3, -0.25) is 15.0 Å². The van der Waals surface area contributed by atoms with Gasteiger partial charge in [-0.25, -0.2) is 0 Å². The number of fused-ring (bicyclic) bond motifs is 3. The third kappa shape index (κ3) is 3.46. The molecule has 4 rings (SSSR count). The molecule has 33 heavy (non-hydrogen) atoms. The highest BCUT2D eigenvalue weighted by molar-refractivity contribution is 6.01. The lowest BCUT2D eigenvalue weighted by molar-refractivity contribution is -0.384. The Bertz CT molecular complexity index is 1350. The van der Waals surface area contributed by atoms with Crippen molar-refractivity contribution in [3.63, 3.8) is 0 Å². The van der Waals surface area contributed by atoms with Gasteiger partial charge in [0.1, 0.15) is 5.82 Å². The largest absolute Gasteiger partial charge is 0.411 e. The van der Waals surface area contributed by atoms with E-state index in [1.807, 2.05) is 55.2 Å². The van der Waals surface area contributed by atoms with Gasteiger partial charge in [0.2, 0.25) is 0 Å². The molecule has 1 atom stereocenters. The van der Waals surface area contributed by atoms with Crippen LogP contribution >= 0.6 is 0 Å². The molecule has 0 bridgehead atoms. The van der Waals surface area contributed by atoms with Gasteiger partial charge in [0, 0.05) is 56.7 Å². The lowest BCUT2D eigenvalue weighted by Gasteiger charge is -2.39. The summed E-state index contributed by atoms with van der Waals surface area (Å²) in [6.45, 7) is 1.73. The highest BCUT2D eigenvalue weighted by Gasteiger charge is 2.39. The first-order valence-corrected chi connectivity index (χ1v) is 10.4. The van der Waals surface area contributed by atoms with Crippen LogP contribution in [0.4, 0.5) is 17.1 Å². The summed E-state index contributed by atoms with van der Waals surface area (Å²) < 4.78 is 2.07. The normalized spacial score (nSPS) is 16.0. The van der Waals surface area contributed by atoms with Gasteiger partial charge in [0.05, 0.1) is 39.2 Å². The van der Waals surface area contributed by atoms with Crippen molar-refractivity contribution in [1.82, 2.24) is 9.47 Å².